The van der Waals surface area contributed by atoms with Crippen LogP contribution in [-0.2, 0) is 28.9 Å². The quantitative estimate of drug-likeness (QED) is 0.599. The number of carbonyl (C=O) groups is 1. The maximum absolute atomic E-state index is 10.9. The second-order valence-electron chi connectivity index (χ2n) is 10.3. The van der Waals surface area contributed by atoms with Gasteiger partial charge in [-0.25, -0.2) is 0 Å². The van der Waals surface area contributed by atoms with Crippen LogP contribution in [0.25, 0.3) is 16.8 Å². The first-order valence-electron chi connectivity index (χ1n) is 13.0. The zero-order valence-electron chi connectivity index (χ0n) is 21.3. The van der Waals surface area contributed by atoms with E-state index in [9.17, 15) is 4.79 Å². The highest BCUT2D eigenvalue weighted by Crippen LogP contribution is 2.44. The molecule has 2 saturated heterocycles. The van der Waals surface area contributed by atoms with Gasteiger partial charge in [0.2, 0.25) is 0 Å². The molecule has 6 nitrogen and oxygen atoms in total. The highest BCUT2D eigenvalue weighted by molar-refractivity contribution is 5.96. The highest BCUT2D eigenvalue weighted by Gasteiger charge is 2.34. The van der Waals surface area contributed by atoms with Gasteiger partial charge >= 0.3 is 0 Å². The molecule has 0 N–H and O–H groups in total. The molecule has 3 aliphatic heterocycles. The number of rotatable bonds is 4. The third-order valence-electron chi connectivity index (χ3n) is 8.18. The summed E-state index contributed by atoms with van der Waals surface area (Å²) in [6, 6.07) is 4.85. The van der Waals surface area contributed by atoms with Gasteiger partial charge in [-0.05, 0) is 110 Å². The van der Waals surface area contributed by atoms with Crippen LogP contribution in [0.15, 0.2) is 18.2 Å². The topological polar surface area (TPSA) is 51.2 Å². The zero-order chi connectivity index (χ0) is 24.4. The van der Waals surface area contributed by atoms with Crippen molar-refractivity contribution in [2.75, 3.05) is 40.9 Å². The van der Waals surface area contributed by atoms with E-state index in [4.69, 9.17) is 14.2 Å². The second kappa shape index (κ2) is 10.6. The molecule has 188 valence electrons. The molecule has 0 bridgehead atoms. The van der Waals surface area contributed by atoms with Gasteiger partial charge in [-0.15, -0.1) is 0 Å². The van der Waals surface area contributed by atoms with Gasteiger partial charge in [0.25, 0.3) is 6.47 Å². The van der Waals surface area contributed by atoms with Crippen molar-refractivity contribution in [1.82, 2.24) is 9.80 Å². The fourth-order valence-corrected chi connectivity index (χ4v) is 6.33. The molecule has 0 amide bonds. The molecule has 6 rings (SSSR count). The molecule has 2 fully saturated rings. The number of methoxy groups -OCH3 is 2. The van der Waals surface area contributed by atoms with Crippen LogP contribution >= 0.6 is 0 Å². The Bertz CT molecular complexity index is 1110. The lowest BCUT2D eigenvalue weighted by Crippen LogP contribution is -2.36. The Labute approximate surface area is 208 Å². The summed E-state index contributed by atoms with van der Waals surface area (Å²) in [6.07, 6.45) is 12.6. The molecule has 2 atom stereocenters. The lowest BCUT2D eigenvalue weighted by atomic mass is 9.80. The number of nitrogens with zero attached hydrogens (tertiary/aromatic N) is 2. The van der Waals surface area contributed by atoms with Gasteiger partial charge in [-0.3, -0.25) is 9.69 Å². The Hall–Kier alpha value is -2.57. The molecular formula is C29H38N2O4. The highest BCUT2D eigenvalue weighted by atomic mass is 16.5. The number of hydrogen-bond donors (Lipinski definition) is 0. The third kappa shape index (κ3) is 4.78. The van der Waals surface area contributed by atoms with Crippen molar-refractivity contribution in [3.63, 3.8) is 0 Å². The summed E-state index contributed by atoms with van der Waals surface area (Å²) >= 11 is 0. The van der Waals surface area contributed by atoms with E-state index in [-0.39, 0.29) is 6.10 Å². The van der Waals surface area contributed by atoms with Crippen LogP contribution in [0.5, 0.6) is 11.5 Å². The van der Waals surface area contributed by atoms with Crippen LogP contribution < -0.4 is 9.47 Å². The van der Waals surface area contributed by atoms with Crippen LogP contribution in [0.3, 0.4) is 0 Å². The number of fused-ring (bicyclic) bond motifs is 7. The molecule has 1 aliphatic carbocycles. The van der Waals surface area contributed by atoms with Crippen LogP contribution in [-0.4, -0.2) is 69.3 Å². The fraction of sp³-hybridized carbons (Fsp3) is 0.552. The van der Waals surface area contributed by atoms with Gasteiger partial charge in [0.15, 0.2) is 11.5 Å². The van der Waals surface area contributed by atoms with Gasteiger partial charge in [-0.2, -0.15) is 0 Å². The van der Waals surface area contributed by atoms with Crippen molar-refractivity contribution in [2.24, 2.45) is 0 Å². The number of likely N-dealkylation sites (tertiary alicyclic amines) is 1. The average Bonchev–Trinajstić information content (AvgIpc) is 3.35. The van der Waals surface area contributed by atoms with Crippen molar-refractivity contribution in [1.29, 1.82) is 0 Å². The smallest absolute Gasteiger partial charge is 0.293 e. The maximum Gasteiger partial charge on any atom is 0.293 e. The van der Waals surface area contributed by atoms with E-state index >= 15 is 0 Å². The molecule has 4 aliphatic rings. The number of carbonyl (C=O) groups excluding carboxylic acids is 1. The summed E-state index contributed by atoms with van der Waals surface area (Å²) in [7, 11) is 5.54. The summed E-state index contributed by atoms with van der Waals surface area (Å²) in [5.41, 5.74) is 5.42. The van der Waals surface area contributed by atoms with Crippen molar-refractivity contribution in [3.8, 4) is 11.5 Å². The van der Waals surface area contributed by atoms with Gasteiger partial charge in [-0.1, -0.05) is 12.5 Å². The van der Waals surface area contributed by atoms with E-state index in [0.29, 0.717) is 18.9 Å². The molecule has 2 aromatic rings. The molecule has 2 aromatic carbocycles. The Kier molecular flexibility index (Phi) is 7.30. The first-order valence-corrected chi connectivity index (χ1v) is 13.0. The molecule has 0 saturated carbocycles. The van der Waals surface area contributed by atoms with Crippen molar-refractivity contribution in [3.05, 3.63) is 40.5 Å². The summed E-state index contributed by atoms with van der Waals surface area (Å²) in [4.78, 5) is 15.9. The SMILES string of the molecule is CN1CCCCC1.COc1cc2c3c(c4c(c2cc1OC)CN1CCCC1C4)C=CC(OC=O)C3. The molecule has 2 unspecified atom stereocenters. The predicted octanol–water partition coefficient (Wildman–Crippen LogP) is 4.59. The van der Waals surface area contributed by atoms with E-state index in [0.717, 1.165) is 24.5 Å². The van der Waals surface area contributed by atoms with Crippen LogP contribution in [0, 0.1) is 0 Å². The normalized spacial score (nSPS) is 23.5. The largest absolute Gasteiger partial charge is 0.493 e. The van der Waals surface area contributed by atoms with Crippen LogP contribution in [0.2, 0.25) is 0 Å². The van der Waals surface area contributed by atoms with Crippen LogP contribution in [0.4, 0.5) is 0 Å². The van der Waals surface area contributed by atoms with Crippen LogP contribution in [0.1, 0.15) is 54.4 Å². The number of piperidine rings is 1. The summed E-state index contributed by atoms with van der Waals surface area (Å²) in [5, 5.41) is 2.41. The van der Waals surface area contributed by atoms with E-state index in [1.807, 2.05) is 6.08 Å². The predicted molar refractivity (Wildman–Crippen MR) is 139 cm³/mol. The minimum absolute atomic E-state index is 0.217. The third-order valence-corrected chi connectivity index (χ3v) is 8.18. The second-order valence-corrected chi connectivity index (χ2v) is 10.3. The molecule has 0 radical (unpaired) electrons. The summed E-state index contributed by atoms with van der Waals surface area (Å²) < 4.78 is 16.5. The molecular weight excluding hydrogens is 440 g/mol. The summed E-state index contributed by atoms with van der Waals surface area (Å²) in [6.45, 7) is 5.35. The Morgan fingerprint density at radius 2 is 1.60 bits per heavy atom. The first kappa shape index (κ1) is 24.1. The monoisotopic (exact) mass is 478 g/mol. The van der Waals surface area contributed by atoms with Gasteiger partial charge in [0, 0.05) is 19.0 Å². The number of hydrogen-bond acceptors (Lipinski definition) is 6. The fourth-order valence-electron chi connectivity index (χ4n) is 6.33. The van der Waals surface area contributed by atoms with Gasteiger partial charge in [0.05, 0.1) is 14.2 Å². The van der Waals surface area contributed by atoms with E-state index in [1.54, 1.807) is 14.2 Å². The minimum Gasteiger partial charge on any atom is -0.493 e. The van der Waals surface area contributed by atoms with E-state index < -0.39 is 0 Å². The first-order chi connectivity index (χ1) is 17.1. The standard InChI is InChI=1S/C23H25NO4.C6H13N/c1-26-22-10-19-18-9-15(28-13-25)5-6-16(18)17-8-14-4-3-7-24(14)12-21(17)20(19)11-23(22)27-2;1-7-5-3-2-4-6-7/h5-6,10-11,13-15H,3-4,7-9,12H2,1-2H3;2-6H2,1H3. The number of benzene rings is 2. The molecule has 35 heavy (non-hydrogen) atoms. The van der Waals surface area contributed by atoms with Crippen molar-refractivity contribution >= 4 is 23.3 Å². The average molecular weight is 479 g/mol. The Morgan fingerprint density at radius 3 is 2.23 bits per heavy atom. The lowest BCUT2D eigenvalue weighted by molar-refractivity contribution is -0.131. The molecule has 6 heteroatoms. The lowest BCUT2D eigenvalue weighted by Gasteiger charge is -2.35. The Balaban J connectivity index is 0.000000313. The molecule has 0 aromatic heterocycles. The van der Waals surface area contributed by atoms with Gasteiger partial charge in [0.1, 0.15) is 6.10 Å². The molecule has 0 spiro atoms. The van der Waals surface area contributed by atoms with E-state index in [2.05, 4.69) is 35.1 Å². The van der Waals surface area contributed by atoms with Crippen molar-refractivity contribution in [2.45, 2.75) is 63.6 Å². The zero-order valence-corrected chi connectivity index (χ0v) is 21.3. The minimum atomic E-state index is -0.217. The summed E-state index contributed by atoms with van der Waals surface area (Å²) in [5.74, 6) is 1.49. The van der Waals surface area contributed by atoms with E-state index in [1.165, 1.54) is 84.8 Å². The Morgan fingerprint density at radius 1 is 0.886 bits per heavy atom. The maximum atomic E-state index is 10.9. The van der Waals surface area contributed by atoms with Gasteiger partial charge < -0.3 is 19.1 Å². The molecule has 3 heterocycles. The van der Waals surface area contributed by atoms with Crippen molar-refractivity contribution < 1.29 is 19.0 Å². The number of ether oxygens (including phenoxy) is 3.